The molecule has 0 saturated heterocycles. The van der Waals surface area contributed by atoms with Gasteiger partial charge in [0.15, 0.2) is 0 Å². The lowest BCUT2D eigenvalue weighted by Gasteiger charge is -2.06. The molecular formula is C21H15N5O. The van der Waals surface area contributed by atoms with Gasteiger partial charge in [0, 0.05) is 22.5 Å². The van der Waals surface area contributed by atoms with E-state index in [1.807, 2.05) is 48.5 Å². The number of nitriles is 1. The number of nitrogens with zero attached hydrogens (tertiary/aromatic N) is 2. The predicted octanol–water partition coefficient (Wildman–Crippen LogP) is 3.94. The first-order valence-corrected chi connectivity index (χ1v) is 8.29. The van der Waals surface area contributed by atoms with Crippen molar-refractivity contribution in [1.82, 2.24) is 9.97 Å². The monoisotopic (exact) mass is 353 g/mol. The van der Waals surface area contributed by atoms with Crippen molar-refractivity contribution in [2.75, 3.05) is 11.1 Å². The number of nitrogens with one attached hydrogen (secondary N) is 2. The van der Waals surface area contributed by atoms with Crippen LogP contribution >= 0.6 is 0 Å². The van der Waals surface area contributed by atoms with Crippen molar-refractivity contribution in [2.24, 2.45) is 0 Å². The molecule has 6 heteroatoms. The highest BCUT2D eigenvalue weighted by Gasteiger charge is 2.08. The fraction of sp³-hybridized carbons (Fsp3) is 0. The van der Waals surface area contributed by atoms with Crippen LogP contribution in [0.1, 0.15) is 15.9 Å². The van der Waals surface area contributed by atoms with E-state index in [2.05, 4.69) is 15.3 Å². The van der Waals surface area contributed by atoms with Crippen molar-refractivity contribution in [3.63, 3.8) is 0 Å². The summed E-state index contributed by atoms with van der Waals surface area (Å²) in [6.45, 7) is 0. The Kier molecular flexibility index (Phi) is 4.03. The minimum Gasteiger partial charge on any atom is -0.399 e. The number of amides is 1. The summed E-state index contributed by atoms with van der Waals surface area (Å²) in [6, 6.07) is 21.5. The number of fused-ring (bicyclic) bond motifs is 1. The lowest BCUT2D eigenvalue weighted by Crippen LogP contribution is -2.11. The zero-order chi connectivity index (χ0) is 18.8. The molecule has 1 heterocycles. The van der Waals surface area contributed by atoms with Gasteiger partial charge in [0.1, 0.15) is 5.82 Å². The Morgan fingerprint density at radius 2 is 1.78 bits per heavy atom. The van der Waals surface area contributed by atoms with Gasteiger partial charge in [-0.3, -0.25) is 4.79 Å². The van der Waals surface area contributed by atoms with E-state index in [1.165, 1.54) is 0 Å². The van der Waals surface area contributed by atoms with E-state index in [0.29, 0.717) is 22.5 Å². The SMILES string of the molecule is N#Cc1ccc(C(=O)Nc2ccc(-c3nc4ccc(N)cc4[nH]3)cc2)cc1. The lowest BCUT2D eigenvalue weighted by atomic mass is 10.1. The summed E-state index contributed by atoms with van der Waals surface area (Å²) in [4.78, 5) is 20.1. The van der Waals surface area contributed by atoms with Crippen LogP contribution in [0.25, 0.3) is 22.4 Å². The van der Waals surface area contributed by atoms with Crippen LogP contribution < -0.4 is 11.1 Å². The number of aromatic nitrogens is 2. The molecule has 0 aliphatic heterocycles. The molecule has 0 unspecified atom stereocenters. The molecule has 1 aromatic heterocycles. The van der Waals surface area contributed by atoms with Gasteiger partial charge in [-0.25, -0.2) is 4.98 Å². The first-order chi connectivity index (χ1) is 13.1. The topological polar surface area (TPSA) is 108 Å². The first kappa shape index (κ1) is 16.4. The number of anilines is 2. The smallest absolute Gasteiger partial charge is 0.255 e. The Balaban J connectivity index is 1.52. The molecule has 3 aromatic carbocycles. The summed E-state index contributed by atoms with van der Waals surface area (Å²) >= 11 is 0. The average Bonchev–Trinajstić information content (AvgIpc) is 3.11. The summed E-state index contributed by atoms with van der Waals surface area (Å²) in [7, 11) is 0. The zero-order valence-electron chi connectivity index (χ0n) is 14.2. The maximum Gasteiger partial charge on any atom is 0.255 e. The van der Waals surface area contributed by atoms with Crippen molar-refractivity contribution in [1.29, 1.82) is 5.26 Å². The van der Waals surface area contributed by atoms with Gasteiger partial charge in [-0.1, -0.05) is 0 Å². The van der Waals surface area contributed by atoms with Crippen LogP contribution in [0.4, 0.5) is 11.4 Å². The van der Waals surface area contributed by atoms with Crippen molar-refractivity contribution in [2.45, 2.75) is 0 Å². The largest absolute Gasteiger partial charge is 0.399 e. The maximum absolute atomic E-state index is 12.3. The van der Waals surface area contributed by atoms with Crippen molar-refractivity contribution < 1.29 is 4.79 Å². The normalized spacial score (nSPS) is 10.5. The molecule has 4 N–H and O–H groups in total. The summed E-state index contributed by atoms with van der Waals surface area (Å²) in [5, 5.41) is 11.7. The van der Waals surface area contributed by atoms with E-state index in [0.717, 1.165) is 22.4 Å². The van der Waals surface area contributed by atoms with Crippen LogP contribution in [0.3, 0.4) is 0 Å². The van der Waals surface area contributed by atoms with E-state index in [1.54, 1.807) is 24.3 Å². The van der Waals surface area contributed by atoms with Crippen LogP contribution in [0.2, 0.25) is 0 Å². The number of H-pyrrole nitrogens is 1. The average molecular weight is 353 g/mol. The Bertz CT molecular complexity index is 1170. The lowest BCUT2D eigenvalue weighted by molar-refractivity contribution is 0.102. The standard InChI is InChI=1S/C21H15N5O/c22-12-13-1-3-15(4-2-13)21(27)24-17-8-5-14(6-9-17)20-25-18-10-7-16(23)11-19(18)26-20/h1-11H,23H2,(H,24,27)(H,25,26). The first-order valence-electron chi connectivity index (χ1n) is 8.29. The number of carbonyl (C=O) groups is 1. The van der Waals surface area contributed by atoms with Crippen LogP contribution in [-0.4, -0.2) is 15.9 Å². The number of carbonyl (C=O) groups excluding carboxylic acids is 1. The molecule has 27 heavy (non-hydrogen) atoms. The Hall–Kier alpha value is -4.11. The third-order valence-electron chi connectivity index (χ3n) is 4.20. The van der Waals surface area contributed by atoms with E-state index in [9.17, 15) is 4.79 Å². The van der Waals surface area contributed by atoms with Crippen LogP contribution in [0.15, 0.2) is 66.7 Å². The fourth-order valence-electron chi connectivity index (χ4n) is 2.77. The summed E-state index contributed by atoms with van der Waals surface area (Å²) < 4.78 is 0. The second kappa shape index (κ2) is 6.65. The van der Waals surface area contributed by atoms with Crippen LogP contribution in [-0.2, 0) is 0 Å². The van der Waals surface area contributed by atoms with Crippen LogP contribution in [0, 0.1) is 11.3 Å². The number of hydrogen-bond donors (Lipinski definition) is 3. The van der Waals surface area contributed by atoms with Crippen molar-refractivity contribution in [3.8, 4) is 17.5 Å². The molecule has 1 amide bonds. The number of nitrogen functional groups attached to an aromatic ring is 1. The van der Waals surface area contributed by atoms with Crippen LogP contribution in [0.5, 0.6) is 0 Å². The molecule has 0 aliphatic carbocycles. The molecule has 0 radical (unpaired) electrons. The number of aromatic amines is 1. The molecule has 0 bridgehead atoms. The Morgan fingerprint density at radius 3 is 2.48 bits per heavy atom. The number of nitrogens with two attached hydrogens (primary N) is 1. The van der Waals surface area contributed by atoms with E-state index >= 15 is 0 Å². The molecule has 6 nitrogen and oxygen atoms in total. The van der Waals surface area contributed by atoms with Gasteiger partial charge in [0.2, 0.25) is 0 Å². The van der Waals surface area contributed by atoms with Gasteiger partial charge in [-0.2, -0.15) is 5.26 Å². The summed E-state index contributed by atoms with van der Waals surface area (Å²) in [6.07, 6.45) is 0. The van der Waals surface area contributed by atoms with Gasteiger partial charge < -0.3 is 16.0 Å². The molecule has 0 aliphatic rings. The zero-order valence-corrected chi connectivity index (χ0v) is 14.2. The third kappa shape index (κ3) is 3.34. The van der Waals surface area contributed by atoms with Gasteiger partial charge in [0.25, 0.3) is 5.91 Å². The number of rotatable bonds is 3. The molecule has 0 spiro atoms. The maximum atomic E-state index is 12.3. The van der Waals surface area contributed by atoms with Gasteiger partial charge in [-0.05, 0) is 66.7 Å². The molecule has 130 valence electrons. The number of imidazole rings is 1. The van der Waals surface area contributed by atoms with Gasteiger partial charge in [-0.15, -0.1) is 0 Å². The van der Waals surface area contributed by atoms with E-state index in [-0.39, 0.29) is 5.91 Å². The fourth-order valence-corrected chi connectivity index (χ4v) is 2.77. The highest BCUT2D eigenvalue weighted by molar-refractivity contribution is 6.04. The summed E-state index contributed by atoms with van der Waals surface area (Å²) in [5.41, 5.74) is 10.8. The van der Waals surface area contributed by atoms with Gasteiger partial charge in [0.05, 0.1) is 22.7 Å². The Morgan fingerprint density at radius 1 is 1.04 bits per heavy atom. The Labute approximate surface area is 155 Å². The minimum atomic E-state index is -0.230. The molecule has 4 rings (SSSR count). The quantitative estimate of drug-likeness (QED) is 0.485. The highest BCUT2D eigenvalue weighted by atomic mass is 16.1. The van der Waals surface area contributed by atoms with Gasteiger partial charge >= 0.3 is 0 Å². The van der Waals surface area contributed by atoms with E-state index in [4.69, 9.17) is 11.0 Å². The van der Waals surface area contributed by atoms with E-state index < -0.39 is 0 Å². The van der Waals surface area contributed by atoms with Crippen molar-refractivity contribution in [3.05, 3.63) is 77.9 Å². The molecular weight excluding hydrogens is 338 g/mol. The third-order valence-corrected chi connectivity index (χ3v) is 4.20. The summed E-state index contributed by atoms with van der Waals surface area (Å²) in [5.74, 6) is 0.507. The predicted molar refractivity (Wildman–Crippen MR) is 105 cm³/mol. The second-order valence-corrected chi connectivity index (χ2v) is 6.08. The second-order valence-electron chi connectivity index (χ2n) is 6.08. The highest BCUT2D eigenvalue weighted by Crippen LogP contribution is 2.23. The minimum absolute atomic E-state index is 0.230. The number of benzene rings is 3. The molecule has 0 fully saturated rings. The number of hydrogen-bond acceptors (Lipinski definition) is 4. The molecule has 4 aromatic rings. The van der Waals surface area contributed by atoms with Crippen molar-refractivity contribution >= 4 is 28.3 Å². The molecule has 0 saturated carbocycles. The molecule has 0 atom stereocenters.